The lowest BCUT2D eigenvalue weighted by Crippen LogP contribution is -2.33. The molecule has 3 heterocycles. The van der Waals surface area contributed by atoms with Crippen molar-refractivity contribution >= 4 is 11.5 Å². The minimum absolute atomic E-state index is 0.242. The zero-order chi connectivity index (χ0) is 23.2. The number of pyridine rings is 1. The number of nitrogens with zero attached hydrogens (tertiary/aromatic N) is 5. The number of para-hydroxylation sites is 1. The maximum Gasteiger partial charge on any atom is 0.148 e. The van der Waals surface area contributed by atoms with Gasteiger partial charge in [-0.3, -0.25) is 9.88 Å². The Morgan fingerprint density at radius 3 is 2.56 bits per heavy atom. The zero-order valence-electron chi connectivity index (χ0n) is 19.4. The van der Waals surface area contributed by atoms with Crippen molar-refractivity contribution in [1.29, 1.82) is 5.26 Å². The summed E-state index contributed by atoms with van der Waals surface area (Å²) in [5.41, 5.74) is 3.41. The van der Waals surface area contributed by atoms with E-state index in [2.05, 4.69) is 44.5 Å². The molecular formula is C27H30N6O. The van der Waals surface area contributed by atoms with Crippen LogP contribution in [0, 0.1) is 11.3 Å². The highest BCUT2D eigenvalue weighted by molar-refractivity contribution is 5.54. The molecule has 2 aliphatic rings. The molecule has 7 heteroatoms. The number of piperidine rings is 1. The zero-order valence-corrected chi connectivity index (χ0v) is 19.4. The van der Waals surface area contributed by atoms with Crippen LogP contribution in [0.1, 0.15) is 67.9 Å². The van der Waals surface area contributed by atoms with E-state index >= 15 is 0 Å². The molecule has 1 aliphatic heterocycles. The first-order chi connectivity index (χ1) is 16.8. The average Bonchev–Trinajstić information content (AvgIpc) is 3.40. The maximum atomic E-state index is 8.90. The van der Waals surface area contributed by atoms with Crippen LogP contribution in [0.15, 0.2) is 55.0 Å². The van der Waals surface area contributed by atoms with Crippen molar-refractivity contribution in [2.75, 3.05) is 11.9 Å². The summed E-state index contributed by atoms with van der Waals surface area (Å²) in [4.78, 5) is 16.0. The van der Waals surface area contributed by atoms with Crippen molar-refractivity contribution in [2.24, 2.45) is 0 Å². The van der Waals surface area contributed by atoms with E-state index in [4.69, 9.17) is 15.0 Å². The Labute approximate surface area is 200 Å². The van der Waals surface area contributed by atoms with E-state index in [0.29, 0.717) is 17.6 Å². The summed E-state index contributed by atoms with van der Waals surface area (Å²) in [5, 5.41) is 12.1. The van der Waals surface area contributed by atoms with Crippen LogP contribution < -0.4 is 10.1 Å². The molecule has 1 aliphatic carbocycles. The van der Waals surface area contributed by atoms with Gasteiger partial charge in [-0.2, -0.15) is 5.26 Å². The predicted molar refractivity (Wildman–Crippen MR) is 131 cm³/mol. The maximum absolute atomic E-state index is 8.90. The summed E-state index contributed by atoms with van der Waals surface area (Å²) in [5.74, 6) is 1.69. The van der Waals surface area contributed by atoms with E-state index in [0.717, 1.165) is 49.5 Å². The molecule has 0 spiro atoms. The molecule has 1 unspecified atom stereocenters. The highest BCUT2D eigenvalue weighted by atomic mass is 16.5. The van der Waals surface area contributed by atoms with Gasteiger partial charge >= 0.3 is 0 Å². The number of likely N-dealkylation sites (tertiary alicyclic amines) is 1. The lowest BCUT2D eigenvalue weighted by atomic mass is 9.98. The molecule has 5 rings (SSSR count). The van der Waals surface area contributed by atoms with Gasteiger partial charge in [-0.15, -0.1) is 0 Å². The largest absolute Gasteiger partial charge is 0.490 e. The van der Waals surface area contributed by atoms with Gasteiger partial charge < -0.3 is 10.1 Å². The Kier molecular flexibility index (Phi) is 6.97. The summed E-state index contributed by atoms with van der Waals surface area (Å²) < 4.78 is 6.39. The molecule has 2 aromatic heterocycles. The predicted octanol–water partition coefficient (Wildman–Crippen LogP) is 5.54. The van der Waals surface area contributed by atoms with Gasteiger partial charge in [0.15, 0.2) is 0 Å². The third-order valence-corrected chi connectivity index (χ3v) is 6.72. The monoisotopic (exact) mass is 454 g/mol. The number of nitrogens with one attached hydrogen (secondary N) is 1. The van der Waals surface area contributed by atoms with Gasteiger partial charge in [0, 0.05) is 12.1 Å². The Hall–Kier alpha value is -3.50. The number of ether oxygens (including phenoxy) is 1. The molecule has 0 radical (unpaired) electrons. The van der Waals surface area contributed by atoms with Gasteiger partial charge in [0.2, 0.25) is 0 Å². The summed E-state index contributed by atoms with van der Waals surface area (Å²) in [7, 11) is 0. The van der Waals surface area contributed by atoms with E-state index in [-0.39, 0.29) is 6.04 Å². The topological polar surface area (TPSA) is 87.0 Å². The fraction of sp³-hybridized carbons (Fsp3) is 0.407. The first-order valence-electron chi connectivity index (χ1n) is 12.2. The molecule has 1 saturated carbocycles. The molecule has 1 saturated heterocycles. The molecule has 1 N–H and O–H groups in total. The number of anilines is 2. The van der Waals surface area contributed by atoms with Gasteiger partial charge in [0.1, 0.15) is 23.3 Å². The van der Waals surface area contributed by atoms with Gasteiger partial charge in [0.05, 0.1) is 42.1 Å². The van der Waals surface area contributed by atoms with Gasteiger partial charge in [-0.05, 0) is 63.3 Å². The molecule has 0 amide bonds. The normalized spacial score (nSPS) is 19.0. The second-order valence-electron chi connectivity index (χ2n) is 9.11. The van der Waals surface area contributed by atoms with Crippen molar-refractivity contribution in [3.63, 3.8) is 0 Å². The molecule has 3 aromatic rings. The molecule has 174 valence electrons. The van der Waals surface area contributed by atoms with Crippen LogP contribution in [0.3, 0.4) is 0 Å². The van der Waals surface area contributed by atoms with Crippen molar-refractivity contribution in [2.45, 2.75) is 63.6 Å². The average molecular weight is 455 g/mol. The minimum Gasteiger partial charge on any atom is -0.490 e. The van der Waals surface area contributed by atoms with E-state index in [9.17, 15) is 0 Å². The molecule has 1 aromatic carbocycles. The van der Waals surface area contributed by atoms with Crippen LogP contribution in [-0.4, -0.2) is 32.5 Å². The Morgan fingerprint density at radius 2 is 1.79 bits per heavy atom. The molecule has 34 heavy (non-hydrogen) atoms. The lowest BCUT2D eigenvalue weighted by Gasteiger charge is -2.35. The van der Waals surface area contributed by atoms with Crippen LogP contribution in [-0.2, 0) is 6.54 Å². The van der Waals surface area contributed by atoms with Gasteiger partial charge in [-0.1, -0.05) is 24.6 Å². The van der Waals surface area contributed by atoms with Crippen LogP contribution in [0.25, 0.3) is 0 Å². The second kappa shape index (κ2) is 10.6. The van der Waals surface area contributed by atoms with Crippen molar-refractivity contribution in [3.8, 4) is 11.8 Å². The number of rotatable bonds is 7. The SMILES string of the molecule is N#Cc1ccc(Nc2cnc(C3CCCCN3Cc3ccccc3OC3CCCC3)cn2)cn1. The first-order valence-corrected chi connectivity index (χ1v) is 12.2. The van der Waals surface area contributed by atoms with Crippen molar-refractivity contribution in [3.05, 3.63) is 71.9 Å². The van der Waals surface area contributed by atoms with E-state index in [1.807, 2.05) is 18.3 Å². The Morgan fingerprint density at radius 1 is 0.941 bits per heavy atom. The highest BCUT2D eigenvalue weighted by Gasteiger charge is 2.27. The molecule has 2 fully saturated rings. The number of hydrogen-bond donors (Lipinski definition) is 1. The second-order valence-corrected chi connectivity index (χ2v) is 9.11. The van der Waals surface area contributed by atoms with Crippen LogP contribution >= 0.6 is 0 Å². The molecular weight excluding hydrogens is 424 g/mol. The Balaban J connectivity index is 1.28. The molecule has 7 nitrogen and oxygen atoms in total. The Bertz CT molecular complexity index is 1120. The van der Waals surface area contributed by atoms with Crippen LogP contribution in [0.5, 0.6) is 5.75 Å². The lowest BCUT2D eigenvalue weighted by molar-refractivity contribution is 0.132. The summed E-state index contributed by atoms with van der Waals surface area (Å²) >= 11 is 0. The van der Waals surface area contributed by atoms with Gasteiger partial charge in [0.25, 0.3) is 0 Å². The summed E-state index contributed by atoms with van der Waals surface area (Å²) in [6.07, 6.45) is 14.0. The summed E-state index contributed by atoms with van der Waals surface area (Å²) in [6.45, 7) is 1.90. The van der Waals surface area contributed by atoms with Crippen molar-refractivity contribution in [1.82, 2.24) is 19.9 Å². The fourth-order valence-corrected chi connectivity index (χ4v) is 4.93. The minimum atomic E-state index is 0.242. The standard InChI is InChI=1S/C27H30N6O/c28-15-21-12-13-22(16-29-21)32-27-18-30-24(17-31-27)25-10-5-6-14-33(25)19-20-7-1-4-11-26(20)34-23-8-2-3-9-23/h1,4,7,11-13,16-18,23,25H,2-3,5-6,8-10,14,19H2,(H,31,32). The van der Waals surface area contributed by atoms with E-state index in [1.165, 1.54) is 31.2 Å². The third kappa shape index (κ3) is 5.35. The third-order valence-electron chi connectivity index (χ3n) is 6.72. The molecule has 1 atom stereocenters. The van der Waals surface area contributed by atoms with Crippen LogP contribution in [0.4, 0.5) is 11.5 Å². The number of hydrogen-bond acceptors (Lipinski definition) is 7. The van der Waals surface area contributed by atoms with E-state index in [1.54, 1.807) is 18.5 Å². The highest BCUT2D eigenvalue weighted by Crippen LogP contribution is 2.34. The fourth-order valence-electron chi connectivity index (χ4n) is 4.93. The molecule has 0 bridgehead atoms. The summed E-state index contributed by atoms with van der Waals surface area (Å²) in [6, 6.07) is 14.2. The van der Waals surface area contributed by atoms with Crippen molar-refractivity contribution < 1.29 is 4.74 Å². The van der Waals surface area contributed by atoms with E-state index < -0.39 is 0 Å². The first kappa shape index (κ1) is 22.3. The smallest absolute Gasteiger partial charge is 0.148 e. The van der Waals surface area contributed by atoms with Crippen LogP contribution in [0.2, 0.25) is 0 Å². The number of benzene rings is 1. The number of nitriles is 1. The quantitative estimate of drug-likeness (QED) is 0.502. The number of aromatic nitrogens is 3. The van der Waals surface area contributed by atoms with Gasteiger partial charge in [-0.25, -0.2) is 9.97 Å².